The zero-order chi connectivity index (χ0) is 18.7. The third-order valence-electron chi connectivity index (χ3n) is 3.64. The van der Waals surface area contributed by atoms with Crippen LogP contribution in [-0.2, 0) is 16.6 Å². The molecule has 0 amide bonds. The van der Waals surface area contributed by atoms with Gasteiger partial charge in [0.25, 0.3) is 0 Å². The highest BCUT2D eigenvalue weighted by Gasteiger charge is 2.13. The summed E-state index contributed by atoms with van der Waals surface area (Å²) in [6.45, 7) is 6.72. The number of para-hydroxylation sites is 1. The van der Waals surface area contributed by atoms with Crippen molar-refractivity contribution >= 4 is 16.0 Å². The van der Waals surface area contributed by atoms with Crippen LogP contribution in [0, 0.1) is 0 Å². The van der Waals surface area contributed by atoms with Crippen molar-refractivity contribution in [3.8, 4) is 5.75 Å². The number of nitrogens with one attached hydrogen (secondary N) is 2. The summed E-state index contributed by atoms with van der Waals surface area (Å²) in [7, 11) is -1.49. The molecule has 1 aromatic carbocycles. The van der Waals surface area contributed by atoms with Crippen LogP contribution in [0.25, 0.3) is 0 Å². The molecule has 0 atom stereocenters. The van der Waals surface area contributed by atoms with E-state index in [1.54, 1.807) is 7.11 Å². The number of benzene rings is 1. The van der Waals surface area contributed by atoms with Gasteiger partial charge in [-0.3, -0.25) is 0 Å². The van der Waals surface area contributed by atoms with Crippen molar-refractivity contribution in [1.82, 2.24) is 14.9 Å². The van der Waals surface area contributed by atoms with E-state index in [9.17, 15) is 8.42 Å². The van der Waals surface area contributed by atoms with Gasteiger partial charge < -0.3 is 15.4 Å². The van der Waals surface area contributed by atoms with Gasteiger partial charge in [0, 0.05) is 31.7 Å². The van der Waals surface area contributed by atoms with Gasteiger partial charge in [-0.25, -0.2) is 17.7 Å². The van der Waals surface area contributed by atoms with E-state index in [1.165, 1.54) is 10.6 Å². The lowest BCUT2D eigenvalue weighted by atomic mass is 10.2. The van der Waals surface area contributed by atoms with E-state index in [-0.39, 0.29) is 0 Å². The number of ether oxygens (including phenoxy) is 1. The smallest absolute Gasteiger partial charge is 0.211 e. The lowest BCUT2D eigenvalue weighted by Gasteiger charge is -2.18. The summed E-state index contributed by atoms with van der Waals surface area (Å²) in [5.74, 6) is 1.52. The van der Waals surface area contributed by atoms with Crippen molar-refractivity contribution in [1.29, 1.82) is 0 Å². The number of aliphatic imine (C=N–C) groups is 1. The topological polar surface area (TPSA) is 83.0 Å². The standard InChI is InChI=1S/C17H30N4O3S/c1-5-18-17(19-12-9-13-21(6-2)25(4,22)23)20-14-15-10-7-8-11-16(15)24-3/h7-8,10-11H,5-6,9,12-14H2,1-4H3,(H2,18,19,20). The lowest BCUT2D eigenvalue weighted by molar-refractivity contribution is 0.410. The highest BCUT2D eigenvalue weighted by molar-refractivity contribution is 7.88. The van der Waals surface area contributed by atoms with Crippen LogP contribution in [0.1, 0.15) is 25.8 Å². The SMILES string of the molecule is CCNC(=NCc1ccccc1OC)NCCCN(CC)S(C)(=O)=O. The number of hydrogen-bond donors (Lipinski definition) is 2. The molecular formula is C17H30N4O3S. The highest BCUT2D eigenvalue weighted by atomic mass is 32.2. The molecule has 7 nitrogen and oxygen atoms in total. The van der Waals surface area contributed by atoms with Crippen LogP contribution in [0.5, 0.6) is 5.75 Å². The first-order valence-electron chi connectivity index (χ1n) is 8.51. The van der Waals surface area contributed by atoms with Gasteiger partial charge in [-0.05, 0) is 19.4 Å². The predicted molar refractivity (Wildman–Crippen MR) is 103 cm³/mol. The van der Waals surface area contributed by atoms with Crippen LogP contribution in [0.3, 0.4) is 0 Å². The van der Waals surface area contributed by atoms with Crippen LogP contribution in [0.4, 0.5) is 0 Å². The Morgan fingerprint density at radius 2 is 1.96 bits per heavy atom. The van der Waals surface area contributed by atoms with Gasteiger partial charge >= 0.3 is 0 Å². The molecule has 0 fully saturated rings. The first-order chi connectivity index (χ1) is 11.9. The summed E-state index contributed by atoms with van der Waals surface area (Å²) < 4.78 is 29.9. The van der Waals surface area contributed by atoms with Crippen molar-refractivity contribution in [2.45, 2.75) is 26.8 Å². The monoisotopic (exact) mass is 370 g/mol. The summed E-state index contributed by atoms with van der Waals surface area (Å²) in [5, 5.41) is 6.42. The number of rotatable bonds is 10. The van der Waals surface area contributed by atoms with E-state index in [2.05, 4.69) is 15.6 Å². The van der Waals surface area contributed by atoms with Gasteiger partial charge in [0.1, 0.15) is 5.75 Å². The average Bonchev–Trinajstić information content (AvgIpc) is 2.58. The van der Waals surface area contributed by atoms with E-state index < -0.39 is 10.0 Å². The zero-order valence-corrected chi connectivity index (χ0v) is 16.4. The van der Waals surface area contributed by atoms with Crippen molar-refractivity contribution in [3.63, 3.8) is 0 Å². The van der Waals surface area contributed by atoms with E-state index >= 15 is 0 Å². The molecule has 0 aliphatic rings. The minimum atomic E-state index is -3.13. The van der Waals surface area contributed by atoms with Gasteiger partial charge in [0.2, 0.25) is 10.0 Å². The zero-order valence-electron chi connectivity index (χ0n) is 15.6. The molecule has 0 aliphatic carbocycles. The second kappa shape index (κ2) is 10.9. The Hall–Kier alpha value is -1.80. The number of guanidine groups is 1. The third-order valence-corrected chi connectivity index (χ3v) is 5.02. The molecule has 0 saturated heterocycles. The Labute approximate surface area is 151 Å². The van der Waals surface area contributed by atoms with E-state index in [0.29, 0.717) is 38.6 Å². The minimum absolute atomic E-state index is 0.487. The van der Waals surface area contributed by atoms with Gasteiger partial charge in [0.05, 0.1) is 19.9 Å². The van der Waals surface area contributed by atoms with Crippen LogP contribution in [0.2, 0.25) is 0 Å². The van der Waals surface area contributed by atoms with Crippen molar-refractivity contribution in [2.75, 3.05) is 39.5 Å². The maximum Gasteiger partial charge on any atom is 0.211 e. The fourth-order valence-electron chi connectivity index (χ4n) is 2.36. The Morgan fingerprint density at radius 1 is 1.24 bits per heavy atom. The minimum Gasteiger partial charge on any atom is -0.496 e. The normalized spacial score (nSPS) is 12.3. The van der Waals surface area contributed by atoms with Crippen LogP contribution in [-0.4, -0.2) is 58.2 Å². The van der Waals surface area contributed by atoms with Gasteiger partial charge in [-0.2, -0.15) is 0 Å². The molecule has 0 aromatic heterocycles. The first kappa shape index (κ1) is 21.2. The molecule has 0 spiro atoms. The molecule has 25 heavy (non-hydrogen) atoms. The summed E-state index contributed by atoms with van der Waals surface area (Å²) >= 11 is 0. The molecule has 8 heteroatoms. The summed E-state index contributed by atoms with van der Waals surface area (Å²) in [5.41, 5.74) is 1.01. The summed E-state index contributed by atoms with van der Waals surface area (Å²) in [6.07, 6.45) is 1.95. The van der Waals surface area contributed by atoms with Crippen LogP contribution in [0.15, 0.2) is 29.3 Å². The van der Waals surface area contributed by atoms with Crippen LogP contribution >= 0.6 is 0 Å². The fourth-order valence-corrected chi connectivity index (χ4v) is 3.29. The van der Waals surface area contributed by atoms with E-state index in [4.69, 9.17) is 4.74 Å². The Balaban J connectivity index is 2.56. The molecular weight excluding hydrogens is 340 g/mol. The van der Waals surface area contributed by atoms with Crippen molar-refractivity contribution in [3.05, 3.63) is 29.8 Å². The molecule has 1 rings (SSSR count). The van der Waals surface area contributed by atoms with Gasteiger partial charge in [-0.1, -0.05) is 25.1 Å². The molecule has 0 heterocycles. The predicted octanol–water partition coefficient (Wildman–Crippen LogP) is 1.42. The fraction of sp³-hybridized carbons (Fsp3) is 0.588. The molecule has 0 unspecified atom stereocenters. The lowest BCUT2D eigenvalue weighted by Crippen LogP contribution is -2.39. The third kappa shape index (κ3) is 7.74. The molecule has 1 aromatic rings. The van der Waals surface area contributed by atoms with Crippen molar-refractivity contribution in [2.24, 2.45) is 4.99 Å². The Morgan fingerprint density at radius 3 is 2.56 bits per heavy atom. The first-order valence-corrected chi connectivity index (χ1v) is 10.4. The van der Waals surface area contributed by atoms with Gasteiger partial charge in [-0.15, -0.1) is 0 Å². The second-order valence-corrected chi connectivity index (χ2v) is 7.52. The summed E-state index contributed by atoms with van der Waals surface area (Å²) in [4.78, 5) is 4.56. The van der Waals surface area contributed by atoms with E-state index in [0.717, 1.165) is 17.9 Å². The largest absolute Gasteiger partial charge is 0.496 e. The summed E-state index contributed by atoms with van der Waals surface area (Å²) in [6, 6.07) is 7.78. The Bertz CT molecular complexity index is 647. The number of methoxy groups -OCH3 is 1. The molecule has 0 radical (unpaired) electrons. The van der Waals surface area contributed by atoms with Gasteiger partial charge in [0.15, 0.2) is 5.96 Å². The molecule has 142 valence electrons. The molecule has 0 bridgehead atoms. The Kier molecular flexibility index (Phi) is 9.30. The number of hydrogen-bond acceptors (Lipinski definition) is 4. The molecule has 0 saturated carbocycles. The maximum absolute atomic E-state index is 11.6. The van der Waals surface area contributed by atoms with Crippen LogP contribution < -0.4 is 15.4 Å². The quantitative estimate of drug-likeness (QED) is 0.370. The van der Waals surface area contributed by atoms with E-state index in [1.807, 2.05) is 38.1 Å². The molecule has 0 aliphatic heterocycles. The second-order valence-electron chi connectivity index (χ2n) is 5.54. The number of nitrogens with zero attached hydrogens (tertiary/aromatic N) is 2. The average molecular weight is 371 g/mol. The van der Waals surface area contributed by atoms with Crippen molar-refractivity contribution < 1.29 is 13.2 Å². The number of sulfonamides is 1. The highest BCUT2D eigenvalue weighted by Crippen LogP contribution is 2.17. The molecule has 2 N–H and O–H groups in total. The maximum atomic E-state index is 11.6.